The van der Waals surface area contributed by atoms with E-state index in [4.69, 9.17) is 9.47 Å². The first-order chi connectivity index (χ1) is 9.19. The minimum absolute atomic E-state index is 0.00168. The molecule has 4 nitrogen and oxygen atoms in total. The van der Waals surface area contributed by atoms with Crippen LogP contribution < -0.4 is 0 Å². The van der Waals surface area contributed by atoms with Gasteiger partial charge in [0.05, 0.1) is 19.3 Å². The summed E-state index contributed by atoms with van der Waals surface area (Å²) < 4.78 is 10.6. The van der Waals surface area contributed by atoms with Crippen LogP contribution in [0.5, 0.6) is 0 Å². The molecule has 1 fully saturated rings. The summed E-state index contributed by atoms with van der Waals surface area (Å²) in [6.07, 6.45) is 7.20. The van der Waals surface area contributed by atoms with Crippen molar-refractivity contribution in [1.82, 2.24) is 0 Å². The molecule has 0 saturated carbocycles. The van der Waals surface area contributed by atoms with Gasteiger partial charge in [-0.25, -0.2) is 0 Å². The van der Waals surface area contributed by atoms with Crippen molar-refractivity contribution in [2.24, 2.45) is 5.92 Å². The predicted octanol–water partition coefficient (Wildman–Crippen LogP) is 2.23. The van der Waals surface area contributed by atoms with Gasteiger partial charge in [-0.2, -0.15) is 0 Å². The predicted molar refractivity (Wildman–Crippen MR) is 73.7 cm³/mol. The van der Waals surface area contributed by atoms with E-state index in [0.717, 1.165) is 12.8 Å². The zero-order valence-corrected chi connectivity index (χ0v) is 11.6. The van der Waals surface area contributed by atoms with Crippen LogP contribution in [0.1, 0.15) is 32.6 Å². The van der Waals surface area contributed by atoms with Crippen LogP contribution in [0, 0.1) is 5.92 Å². The molecule has 19 heavy (non-hydrogen) atoms. The van der Waals surface area contributed by atoms with Crippen molar-refractivity contribution in [2.75, 3.05) is 13.2 Å². The minimum Gasteiger partial charge on any atom is -0.466 e. The Labute approximate surface area is 115 Å². The minimum atomic E-state index is -0.556. The summed E-state index contributed by atoms with van der Waals surface area (Å²) in [5, 5.41) is 10.0. The van der Waals surface area contributed by atoms with Crippen LogP contribution >= 0.6 is 0 Å². The molecule has 0 aromatic carbocycles. The molecule has 1 saturated heterocycles. The molecular formula is C15H24O4. The number of esters is 1. The van der Waals surface area contributed by atoms with E-state index >= 15 is 0 Å². The third-order valence-electron chi connectivity index (χ3n) is 3.24. The van der Waals surface area contributed by atoms with Gasteiger partial charge < -0.3 is 14.6 Å². The fourth-order valence-electron chi connectivity index (χ4n) is 2.02. The number of carbonyl (C=O) groups is 1. The van der Waals surface area contributed by atoms with Gasteiger partial charge in [0.2, 0.25) is 0 Å². The number of rotatable bonds is 8. The Bertz CT molecular complexity index is 311. The highest BCUT2D eigenvalue weighted by Crippen LogP contribution is 2.25. The standard InChI is InChI=1S/C15H24O4/c1-3-5-7-13-15(17)12(11-19-13)8-9-14(16)18-10-6-4-2/h3,5,7,12-13,15,17H,1,4,6,8-11H2,2H3/t12-,13-,15+/m1/s1. The number of hydrogen-bond acceptors (Lipinski definition) is 4. The average Bonchev–Trinajstić information content (AvgIpc) is 2.75. The van der Waals surface area contributed by atoms with Crippen molar-refractivity contribution in [2.45, 2.75) is 44.8 Å². The summed E-state index contributed by atoms with van der Waals surface area (Å²) in [7, 11) is 0. The zero-order chi connectivity index (χ0) is 14.1. The number of unbranched alkanes of at least 4 members (excludes halogenated alkanes) is 1. The Morgan fingerprint density at radius 2 is 2.37 bits per heavy atom. The molecule has 3 atom stereocenters. The topological polar surface area (TPSA) is 55.8 Å². The lowest BCUT2D eigenvalue weighted by Gasteiger charge is -2.14. The molecule has 1 rings (SSSR count). The molecule has 0 unspecified atom stereocenters. The van der Waals surface area contributed by atoms with Gasteiger partial charge in [-0.3, -0.25) is 4.79 Å². The number of carbonyl (C=O) groups excluding carboxylic acids is 1. The molecule has 0 aromatic rings. The number of allylic oxidation sites excluding steroid dienone is 2. The Morgan fingerprint density at radius 3 is 3.05 bits per heavy atom. The first kappa shape index (κ1) is 15.9. The van der Waals surface area contributed by atoms with E-state index in [-0.39, 0.29) is 18.0 Å². The third kappa shape index (κ3) is 5.57. The second-order valence-corrected chi connectivity index (χ2v) is 4.78. The number of aliphatic hydroxyl groups is 1. The van der Waals surface area contributed by atoms with Gasteiger partial charge in [0.25, 0.3) is 0 Å². The van der Waals surface area contributed by atoms with Gasteiger partial charge >= 0.3 is 5.97 Å². The van der Waals surface area contributed by atoms with Crippen LogP contribution in [0.25, 0.3) is 0 Å². The Balaban J connectivity index is 2.25. The molecule has 0 spiro atoms. The maximum absolute atomic E-state index is 11.5. The van der Waals surface area contributed by atoms with Crippen molar-refractivity contribution >= 4 is 5.97 Å². The molecule has 1 aliphatic rings. The summed E-state index contributed by atoms with van der Waals surface area (Å²) in [4.78, 5) is 11.5. The molecule has 108 valence electrons. The fourth-order valence-corrected chi connectivity index (χ4v) is 2.02. The third-order valence-corrected chi connectivity index (χ3v) is 3.24. The summed E-state index contributed by atoms with van der Waals surface area (Å²) in [6.45, 7) is 6.60. The molecule has 1 aliphatic heterocycles. The van der Waals surface area contributed by atoms with Crippen molar-refractivity contribution in [3.8, 4) is 0 Å². The second kappa shape index (κ2) is 8.88. The van der Waals surface area contributed by atoms with Crippen molar-refractivity contribution in [1.29, 1.82) is 0 Å². The van der Waals surface area contributed by atoms with E-state index in [1.165, 1.54) is 0 Å². The van der Waals surface area contributed by atoms with Crippen LogP contribution in [0.4, 0.5) is 0 Å². The van der Waals surface area contributed by atoms with E-state index < -0.39 is 6.10 Å². The Hall–Kier alpha value is -1.13. The van der Waals surface area contributed by atoms with Crippen LogP contribution in [0.3, 0.4) is 0 Å². The van der Waals surface area contributed by atoms with Gasteiger partial charge in [-0.1, -0.05) is 38.2 Å². The monoisotopic (exact) mass is 268 g/mol. The van der Waals surface area contributed by atoms with Gasteiger partial charge in [0.15, 0.2) is 0 Å². The maximum atomic E-state index is 11.5. The van der Waals surface area contributed by atoms with Gasteiger partial charge in [0, 0.05) is 12.3 Å². The van der Waals surface area contributed by atoms with Crippen molar-refractivity contribution in [3.63, 3.8) is 0 Å². The first-order valence-corrected chi connectivity index (χ1v) is 6.93. The lowest BCUT2D eigenvalue weighted by atomic mass is 9.96. The molecule has 0 aromatic heterocycles. The fraction of sp³-hybridized carbons (Fsp3) is 0.667. The molecule has 0 bridgehead atoms. The largest absolute Gasteiger partial charge is 0.466 e. The van der Waals surface area contributed by atoms with Gasteiger partial charge in [0.1, 0.15) is 6.10 Å². The van der Waals surface area contributed by atoms with Crippen LogP contribution in [-0.4, -0.2) is 36.5 Å². The normalized spacial score (nSPS) is 26.7. The summed E-state index contributed by atoms with van der Waals surface area (Å²) in [5.41, 5.74) is 0. The van der Waals surface area contributed by atoms with E-state index in [1.54, 1.807) is 18.2 Å². The highest BCUT2D eigenvalue weighted by Gasteiger charge is 2.34. The number of hydrogen-bond donors (Lipinski definition) is 1. The molecule has 0 amide bonds. The van der Waals surface area contributed by atoms with E-state index in [0.29, 0.717) is 26.1 Å². The maximum Gasteiger partial charge on any atom is 0.305 e. The molecular weight excluding hydrogens is 244 g/mol. The SMILES string of the molecule is C=CC=C[C@H]1OC[C@@H](CCC(=O)OCCCC)[C@@H]1O. The Kier molecular flexibility index (Phi) is 7.45. The second-order valence-electron chi connectivity index (χ2n) is 4.78. The van der Waals surface area contributed by atoms with Crippen molar-refractivity contribution < 1.29 is 19.4 Å². The van der Waals surface area contributed by atoms with Gasteiger partial charge in [-0.05, 0) is 12.8 Å². The van der Waals surface area contributed by atoms with Crippen molar-refractivity contribution in [3.05, 3.63) is 24.8 Å². The molecule has 4 heteroatoms. The van der Waals surface area contributed by atoms with Crippen LogP contribution in [0.15, 0.2) is 24.8 Å². The molecule has 1 heterocycles. The molecule has 1 N–H and O–H groups in total. The number of aliphatic hydroxyl groups excluding tert-OH is 1. The smallest absolute Gasteiger partial charge is 0.305 e. The van der Waals surface area contributed by atoms with Gasteiger partial charge in [-0.15, -0.1) is 0 Å². The lowest BCUT2D eigenvalue weighted by Crippen LogP contribution is -2.25. The zero-order valence-electron chi connectivity index (χ0n) is 11.6. The van der Waals surface area contributed by atoms with E-state index in [9.17, 15) is 9.90 Å². The van der Waals surface area contributed by atoms with E-state index in [2.05, 4.69) is 13.5 Å². The number of ether oxygens (including phenoxy) is 2. The summed E-state index contributed by atoms with van der Waals surface area (Å²) in [6, 6.07) is 0. The quantitative estimate of drug-likeness (QED) is 0.416. The van der Waals surface area contributed by atoms with Crippen LogP contribution in [-0.2, 0) is 14.3 Å². The summed E-state index contributed by atoms with van der Waals surface area (Å²) in [5.74, 6) is -0.191. The summed E-state index contributed by atoms with van der Waals surface area (Å²) >= 11 is 0. The lowest BCUT2D eigenvalue weighted by molar-refractivity contribution is -0.144. The molecule has 0 aliphatic carbocycles. The molecule has 0 radical (unpaired) electrons. The highest BCUT2D eigenvalue weighted by molar-refractivity contribution is 5.69. The van der Waals surface area contributed by atoms with E-state index in [1.807, 2.05) is 0 Å². The highest BCUT2D eigenvalue weighted by atomic mass is 16.5. The van der Waals surface area contributed by atoms with Crippen LogP contribution in [0.2, 0.25) is 0 Å². The Morgan fingerprint density at radius 1 is 1.58 bits per heavy atom. The average molecular weight is 268 g/mol. The first-order valence-electron chi connectivity index (χ1n) is 6.93.